The zero-order chi connectivity index (χ0) is 25.9. The van der Waals surface area contributed by atoms with E-state index in [1.54, 1.807) is 6.20 Å². The number of nitrogens with zero attached hydrogens (tertiary/aromatic N) is 6. The van der Waals surface area contributed by atoms with Crippen LogP contribution in [-0.2, 0) is 4.79 Å². The van der Waals surface area contributed by atoms with E-state index in [0.29, 0.717) is 26.2 Å². The molecule has 10 nitrogen and oxygen atoms in total. The number of hydrogen-bond donors (Lipinski definition) is 2. The molecule has 0 unspecified atom stereocenters. The van der Waals surface area contributed by atoms with Crippen molar-refractivity contribution in [1.29, 1.82) is 0 Å². The van der Waals surface area contributed by atoms with Gasteiger partial charge in [-0.3, -0.25) is 14.6 Å². The summed E-state index contributed by atoms with van der Waals surface area (Å²) in [7, 11) is 0. The van der Waals surface area contributed by atoms with Crippen LogP contribution in [0.1, 0.15) is 16.1 Å². The number of H-pyrrole nitrogens is 1. The van der Waals surface area contributed by atoms with Crippen LogP contribution in [0.4, 0.5) is 10.2 Å². The number of aliphatic imine (C=N–C) groups is 1. The summed E-state index contributed by atoms with van der Waals surface area (Å²) in [6.45, 7) is 5.10. The lowest BCUT2D eigenvalue weighted by molar-refractivity contribution is -0.126. The zero-order valence-electron chi connectivity index (χ0n) is 19.8. The smallest absolute Gasteiger partial charge is 0.295 e. The van der Waals surface area contributed by atoms with Crippen LogP contribution in [0, 0.1) is 5.82 Å². The Morgan fingerprint density at radius 2 is 1.95 bits per heavy atom. The highest BCUT2D eigenvalue weighted by Crippen LogP contribution is 2.28. The van der Waals surface area contributed by atoms with E-state index in [4.69, 9.17) is 5.73 Å². The SMILES string of the molecule is C=CC=N/C=C(\N)c1ncc(F)c2c(C(=O)C(=O)N3CCN(c4nncc5ccccc45)CC3)c[nH]c12. The highest BCUT2D eigenvalue weighted by atomic mass is 19.1. The van der Waals surface area contributed by atoms with Gasteiger partial charge in [0.2, 0.25) is 0 Å². The summed E-state index contributed by atoms with van der Waals surface area (Å²) in [6.07, 6.45) is 8.23. The molecule has 0 spiro atoms. The first-order chi connectivity index (χ1) is 18.0. The van der Waals surface area contributed by atoms with E-state index in [0.717, 1.165) is 22.8 Å². The van der Waals surface area contributed by atoms with Gasteiger partial charge in [-0.05, 0) is 0 Å². The Balaban J connectivity index is 1.36. The van der Waals surface area contributed by atoms with Gasteiger partial charge >= 0.3 is 0 Å². The number of amides is 1. The number of nitrogens with two attached hydrogens (primary N) is 1. The summed E-state index contributed by atoms with van der Waals surface area (Å²) < 4.78 is 14.8. The maximum absolute atomic E-state index is 14.8. The molecule has 0 radical (unpaired) electrons. The first-order valence-electron chi connectivity index (χ1n) is 11.5. The molecular formula is C26H23FN8O2. The lowest BCUT2D eigenvalue weighted by Crippen LogP contribution is -2.51. The maximum Gasteiger partial charge on any atom is 0.295 e. The molecule has 3 N–H and O–H groups in total. The minimum Gasteiger partial charge on any atom is -0.396 e. The van der Waals surface area contributed by atoms with Crippen molar-refractivity contribution in [1.82, 2.24) is 25.1 Å². The fraction of sp³-hybridized carbons (Fsp3) is 0.154. The van der Waals surface area contributed by atoms with Crippen LogP contribution < -0.4 is 10.6 Å². The second kappa shape index (κ2) is 9.97. The third kappa shape index (κ3) is 4.42. The van der Waals surface area contributed by atoms with Crippen LogP contribution in [0.3, 0.4) is 0 Å². The van der Waals surface area contributed by atoms with Gasteiger partial charge in [-0.25, -0.2) is 9.37 Å². The third-order valence-corrected chi connectivity index (χ3v) is 6.20. The van der Waals surface area contributed by atoms with Gasteiger partial charge in [0.1, 0.15) is 5.69 Å². The normalized spacial score (nSPS) is 14.6. The number of carbonyl (C=O) groups is 2. The molecule has 1 aliphatic heterocycles. The number of benzene rings is 1. The molecule has 0 bridgehead atoms. The molecule has 0 saturated carbocycles. The van der Waals surface area contributed by atoms with Crippen LogP contribution in [0.5, 0.6) is 0 Å². The summed E-state index contributed by atoms with van der Waals surface area (Å²) in [5, 5.41) is 10.3. The maximum atomic E-state index is 14.8. The summed E-state index contributed by atoms with van der Waals surface area (Å²) in [5.74, 6) is -1.52. The van der Waals surface area contributed by atoms with E-state index in [-0.39, 0.29) is 27.9 Å². The highest BCUT2D eigenvalue weighted by Gasteiger charge is 2.30. The van der Waals surface area contributed by atoms with Gasteiger partial charge in [-0.2, -0.15) is 5.10 Å². The van der Waals surface area contributed by atoms with Gasteiger partial charge in [-0.1, -0.05) is 36.9 Å². The van der Waals surface area contributed by atoms with Gasteiger partial charge in [0.05, 0.1) is 40.8 Å². The molecule has 0 aliphatic carbocycles. The van der Waals surface area contributed by atoms with Crippen LogP contribution >= 0.6 is 0 Å². The van der Waals surface area contributed by atoms with Crippen molar-refractivity contribution < 1.29 is 14.0 Å². The number of aromatic nitrogens is 4. The first-order valence-corrected chi connectivity index (χ1v) is 11.5. The molecule has 5 rings (SSSR count). The molecule has 0 atom stereocenters. The average Bonchev–Trinajstić information content (AvgIpc) is 3.38. The number of carbonyl (C=O) groups excluding carboxylic acids is 2. The van der Waals surface area contributed by atoms with Crippen LogP contribution in [-0.4, -0.2) is 69.1 Å². The summed E-state index contributed by atoms with van der Waals surface area (Å²) in [6, 6.07) is 7.81. The van der Waals surface area contributed by atoms with Crippen LogP contribution in [0.25, 0.3) is 27.4 Å². The molecule has 4 heterocycles. The van der Waals surface area contributed by atoms with Crippen molar-refractivity contribution in [3.8, 4) is 0 Å². The van der Waals surface area contributed by atoms with Crippen molar-refractivity contribution in [3.05, 3.63) is 78.8 Å². The summed E-state index contributed by atoms with van der Waals surface area (Å²) >= 11 is 0. The van der Waals surface area contributed by atoms with E-state index in [1.807, 2.05) is 29.2 Å². The quantitative estimate of drug-likeness (QED) is 0.237. The molecule has 4 aromatic rings. The van der Waals surface area contributed by atoms with Crippen molar-refractivity contribution >= 4 is 51.1 Å². The molecular weight excluding hydrogens is 475 g/mol. The first kappa shape index (κ1) is 23.8. The predicted molar refractivity (Wildman–Crippen MR) is 140 cm³/mol. The Morgan fingerprint density at radius 1 is 1.16 bits per heavy atom. The molecule has 11 heteroatoms. The lowest BCUT2D eigenvalue weighted by Gasteiger charge is -2.35. The van der Waals surface area contributed by atoms with Crippen LogP contribution in [0.15, 0.2) is 66.7 Å². The molecule has 1 aromatic carbocycles. The summed E-state index contributed by atoms with van der Waals surface area (Å²) in [5.41, 5.74) is 6.54. The van der Waals surface area contributed by atoms with Gasteiger partial charge in [0, 0.05) is 49.4 Å². The number of nitrogens with one attached hydrogen (secondary N) is 1. The minimum atomic E-state index is -0.812. The zero-order valence-corrected chi connectivity index (χ0v) is 19.8. The highest BCUT2D eigenvalue weighted by molar-refractivity contribution is 6.45. The number of allylic oxidation sites excluding steroid dienone is 1. The Bertz CT molecular complexity index is 1580. The molecule has 186 valence electrons. The van der Waals surface area contributed by atoms with Crippen molar-refractivity contribution in [2.75, 3.05) is 31.1 Å². The molecule has 3 aromatic heterocycles. The molecule has 1 aliphatic rings. The fourth-order valence-corrected chi connectivity index (χ4v) is 4.38. The molecule has 37 heavy (non-hydrogen) atoms. The number of aromatic amines is 1. The van der Waals surface area contributed by atoms with Crippen LogP contribution in [0.2, 0.25) is 0 Å². The molecule has 1 fully saturated rings. The number of fused-ring (bicyclic) bond motifs is 2. The number of hydrogen-bond acceptors (Lipinski definition) is 8. The van der Waals surface area contributed by atoms with E-state index < -0.39 is 17.5 Å². The fourth-order valence-electron chi connectivity index (χ4n) is 4.38. The Hall–Kier alpha value is -4.93. The van der Waals surface area contributed by atoms with E-state index in [9.17, 15) is 14.0 Å². The number of anilines is 1. The minimum absolute atomic E-state index is 0.0444. The Morgan fingerprint density at radius 3 is 2.73 bits per heavy atom. The van der Waals surface area contributed by atoms with Crippen molar-refractivity contribution in [2.24, 2.45) is 10.7 Å². The number of piperazine rings is 1. The van der Waals surface area contributed by atoms with Gasteiger partial charge in [0.25, 0.3) is 11.7 Å². The summed E-state index contributed by atoms with van der Waals surface area (Å²) in [4.78, 5) is 40.6. The number of pyridine rings is 1. The van der Waals surface area contributed by atoms with Gasteiger partial charge in [-0.15, -0.1) is 5.10 Å². The molecule has 1 amide bonds. The topological polar surface area (TPSA) is 133 Å². The second-order valence-electron chi connectivity index (χ2n) is 8.39. The number of rotatable bonds is 6. The Labute approximate surface area is 211 Å². The average molecular weight is 499 g/mol. The monoisotopic (exact) mass is 498 g/mol. The standard InChI is InChI=1S/C26H23FN8O2/c1-2-7-29-15-20(28)22-23-21(19(27)14-31-22)18(13-30-23)24(36)26(37)35-10-8-34(9-11-35)25-17-6-4-3-5-16(17)12-32-33-25/h2-7,12-15,30H,1,8-11,28H2/b20-15-,29-7?. The number of Topliss-reactive ketones (excluding diaryl/α,β-unsaturated/α-hetero) is 1. The predicted octanol–water partition coefficient (Wildman–Crippen LogP) is 2.69. The van der Waals surface area contributed by atoms with Gasteiger partial charge in [0.15, 0.2) is 11.6 Å². The second-order valence-corrected chi connectivity index (χ2v) is 8.39. The largest absolute Gasteiger partial charge is 0.396 e. The van der Waals surface area contributed by atoms with Crippen molar-refractivity contribution in [3.63, 3.8) is 0 Å². The Kier molecular flexibility index (Phi) is 6.42. The van der Waals surface area contributed by atoms with E-state index in [2.05, 4.69) is 31.7 Å². The third-order valence-electron chi connectivity index (χ3n) is 6.20. The van der Waals surface area contributed by atoms with E-state index >= 15 is 0 Å². The lowest BCUT2D eigenvalue weighted by atomic mass is 10.1. The van der Waals surface area contributed by atoms with Gasteiger partial charge < -0.3 is 20.5 Å². The number of halogens is 1. The van der Waals surface area contributed by atoms with E-state index in [1.165, 1.54) is 29.6 Å². The van der Waals surface area contributed by atoms with Crippen molar-refractivity contribution in [2.45, 2.75) is 0 Å². The number of ketones is 1. The molecule has 1 saturated heterocycles.